The van der Waals surface area contributed by atoms with Gasteiger partial charge in [-0.05, 0) is 20.9 Å². The van der Waals surface area contributed by atoms with Crippen LogP contribution in [-0.4, -0.2) is 71.1 Å². The maximum Gasteiger partial charge on any atom is 0.326 e. The molecule has 114 valence electrons. The van der Waals surface area contributed by atoms with Crippen molar-refractivity contribution in [3.63, 3.8) is 0 Å². The summed E-state index contributed by atoms with van der Waals surface area (Å²) in [7, 11) is 1.97. The molecule has 3 amide bonds. The largest absolute Gasteiger partial charge is 0.480 e. The number of rotatable bonds is 4. The second-order valence-corrected chi connectivity index (χ2v) is 5.67. The molecule has 1 aliphatic rings. The number of carbonyl (C=O) groups is 3. The summed E-state index contributed by atoms with van der Waals surface area (Å²) in [6, 6.07) is -1.78. The van der Waals surface area contributed by atoms with E-state index in [-0.39, 0.29) is 5.54 Å². The normalized spacial score (nSPS) is 20.2. The van der Waals surface area contributed by atoms with Gasteiger partial charge in [-0.15, -0.1) is 0 Å². The average Bonchev–Trinajstić information content (AvgIpc) is 2.30. The number of piperazine rings is 1. The van der Waals surface area contributed by atoms with Crippen molar-refractivity contribution in [3.05, 3.63) is 0 Å². The third-order valence-corrected chi connectivity index (χ3v) is 3.60. The highest BCUT2D eigenvalue weighted by atomic mass is 16.4. The van der Waals surface area contributed by atoms with E-state index in [1.807, 2.05) is 20.9 Å². The zero-order valence-electron chi connectivity index (χ0n) is 12.0. The fraction of sp³-hybridized carbons (Fsp3) is 0.750. The molecule has 0 aromatic rings. The van der Waals surface area contributed by atoms with Crippen LogP contribution in [0.15, 0.2) is 0 Å². The molecule has 0 aromatic heterocycles. The fourth-order valence-electron chi connectivity index (χ4n) is 2.06. The van der Waals surface area contributed by atoms with E-state index in [1.54, 1.807) is 4.90 Å². The quantitative estimate of drug-likeness (QED) is 0.616. The summed E-state index contributed by atoms with van der Waals surface area (Å²) in [5.41, 5.74) is 4.79. The number of amides is 3. The van der Waals surface area contributed by atoms with Crippen molar-refractivity contribution in [3.8, 4) is 0 Å². The first kappa shape index (κ1) is 16.2. The van der Waals surface area contributed by atoms with E-state index in [0.717, 1.165) is 0 Å². The Labute approximate surface area is 117 Å². The van der Waals surface area contributed by atoms with Crippen molar-refractivity contribution >= 4 is 17.9 Å². The summed E-state index contributed by atoms with van der Waals surface area (Å²) in [5, 5.41) is 11.3. The van der Waals surface area contributed by atoms with E-state index < -0.39 is 30.4 Å². The van der Waals surface area contributed by atoms with Crippen LogP contribution in [0.5, 0.6) is 0 Å². The number of nitrogens with two attached hydrogens (primary N) is 1. The number of carbonyl (C=O) groups excluding carboxylic acids is 2. The van der Waals surface area contributed by atoms with Crippen LogP contribution in [0.25, 0.3) is 0 Å². The zero-order chi connectivity index (χ0) is 15.5. The minimum Gasteiger partial charge on any atom is -0.480 e. The molecule has 0 aromatic carbocycles. The number of carboxylic acid groups (broad SMARTS) is 1. The molecule has 20 heavy (non-hydrogen) atoms. The van der Waals surface area contributed by atoms with Crippen LogP contribution in [0.4, 0.5) is 4.79 Å². The van der Waals surface area contributed by atoms with E-state index in [1.165, 1.54) is 0 Å². The number of likely N-dealkylation sites (N-methyl/N-ethyl adjacent to an activating group) is 1. The van der Waals surface area contributed by atoms with E-state index >= 15 is 0 Å². The summed E-state index contributed by atoms with van der Waals surface area (Å²) in [6.45, 7) is 5.70. The molecule has 0 aliphatic carbocycles. The highest BCUT2D eigenvalue weighted by molar-refractivity contribution is 5.87. The van der Waals surface area contributed by atoms with Gasteiger partial charge in [-0.2, -0.15) is 0 Å². The van der Waals surface area contributed by atoms with Gasteiger partial charge in [0, 0.05) is 25.2 Å². The van der Waals surface area contributed by atoms with Crippen LogP contribution in [0.1, 0.15) is 20.3 Å². The molecule has 8 heteroatoms. The number of primary amides is 1. The lowest BCUT2D eigenvalue weighted by Crippen LogP contribution is -2.61. The summed E-state index contributed by atoms with van der Waals surface area (Å²) in [5.74, 6) is -2.04. The molecule has 1 aliphatic heterocycles. The Bertz CT molecular complexity index is 410. The number of hydrogen-bond acceptors (Lipinski definition) is 4. The first-order valence-electron chi connectivity index (χ1n) is 6.41. The Balaban J connectivity index is 2.65. The number of nitrogens with one attached hydrogen (secondary N) is 1. The molecule has 4 N–H and O–H groups in total. The molecule has 1 saturated heterocycles. The number of urea groups is 1. The molecular formula is C12H22N4O4. The van der Waals surface area contributed by atoms with Crippen molar-refractivity contribution in [1.29, 1.82) is 0 Å². The van der Waals surface area contributed by atoms with E-state index in [9.17, 15) is 14.4 Å². The lowest BCUT2D eigenvalue weighted by molar-refractivity contribution is -0.141. The maximum atomic E-state index is 12.1. The van der Waals surface area contributed by atoms with E-state index in [4.69, 9.17) is 10.8 Å². The van der Waals surface area contributed by atoms with Gasteiger partial charge in [-0.1, -0.05) is 0 Å². The smallest absolute Gasteiger partial charge is 0.326 e. The molecule has 1 atom stereocenters. The van der Waals surface area contributed by atoms with Gasteiger partial charge in [-0.3, -0.25) is 9.69 Å². The van der Waals surface area contributed by atoms with Gasteiger partial charge in [0.1, 0.15) is 6.04 Å². The lowest BCUT2D eigenvalue weighted by atomic mass is 10.00. The van der Waals surface area contributed by atoms with Gasteiger partial charge < -0.3 is 21.1 Å². The highest BCUT2D eigenvalue weighted by Crippen LogP contribution is 2.18. The van der Waals surface area contributed by atoms with Gasteiger partial charge in [0.15, 0.2) is 0 Å². The SMILES string of the molecule is CN1CCN(C(=O)N[C@H](CC(N)=O)C(=O)O)CC1(C)C. The Hall–Kier alpha value is -1.83. The van der Waals surface area contributed by atoms with Crippen molar-refractivity contribution in [2.75, 3.05) is 26.7 Å². The van der Waals surface area contributed by atoms with Crippen molar-refractivity contribution in [1.82, 2.24) is 15.1 Å². The first-order valence-corrected chi connectivity index (χ1v) is 6.41. The number of hydrogen-bond donors (Lipinski definition) is 3. The van der Waals surface area contributed by atoms with Gasteiger partial charge in [0.05, 0.1) is 6.42 Å². The van der Waals surface area contributed by atoms with Crippen LogP contribution < -0.4 is 11.1 Å². The Morgan fingerprint density at radius 1 is 1.35 bits per heavy atom. The number of aliphatic carboxylic acids is 1. The van der Waals surface area contributed by atoms with Gasteiger partial charge in [0.2, 0.25) is 5.91 Å². The van der Waals surface area contributed by atoms with Gasteiger partial charge >= 0.3 is 12.0 Å². The molecule has 1 rings (SSSR count). The third kappa shape index (κ3) is 4.09. The second kappa shape index (κ2) is 6.08. The number of nitrogens with zero attached hydrogens (tertiary/aromatic N) is 2. The highest BCUT2D eigenvalue weighted by Gasteiger charge is 2.34. The van der Waals surface area contributed by atoms with Crippen LogP contribution in [-0.2, 0) is 9.59 Å². The van der Waals surface area contributed by atoms with Crippen molar-refractivity contribution in [2.45, 2.75) is 31.8 Å². The maximum absolute atomic E-state index is 12.1. The van der Waals surface area contributed by atoms with Crippen molar-refractivity contribution in [2.24, 2.45) is 5.73 Å². The molecule has 1 heterocycles. The minimum atomic E-state index is -1.29. The third-order valence-electron chi connectivity index (χ3n) is 3.60. The van der Waals surface area contributed by atoms with Crippen LogP contribution in [0, 0.1) is 0 Å². The average molecular weight is 286 g/mol. The van der Waals surface area contributed by atoms with Crippen LogP contribution in [0.3, 0.4) is 0 Å². The summed E-state index contributed by atoms with van der Waals surface area (Å²) in [4.78, 5) is 37.5. The minimum absolute atomic E-state index is 0.183. The zero-order valence-corrected chi connectivity index (χ0v) is 12.0. The Morgan fingerprint density at radius 3 is 2.40 bits per heavy atom. The standard InChI is InChI=1S/C12H22N4O4/c1-12(2)7-16(5-4-15(12)3)11(20)14-8(10(18)19)6-9(13)17/h8H,4-7H2,1-3H3,(H2,13,17)(H,14,20)(H,18,19)/t8-/m1/s1. The van der Waals surface area contributed by atoms with Crippen LogP contribution in [0.2, 0.25) is 0 Å². The fourth-order valence-corrected chi connectivity index (χ4v) is 2.06. The monoisotopic (exact) mass is 286 g/mol. The molecule has 0 unspecified atom stereocenters. The summed E-state index contributed by atoms with van der Waals surface area (Å²) < 4.78 is 0. The predicted octanol–water partition coefficient (Wildman–Crippen LogP) is -0.949. The van der Waals surface area contributed by atoms with Gasteiger partial charge in [-0.25, -0.2) is 9.59 Å². The number of carboxylic acids is 1. The van der Waals surface area contributed by atoms with Gasteiger partial charge in [0.25, 0.3) is 0 Å². The van der Waals surface area contributed by atoms with Crippen molar-refractivity contribution < 1.29 is 19.5 Å². The van der Waals surface area contributed by atoms with Crippen LogP contribution >= 0.6 is 0 Å². The first-order chi connectivity index (χ1) is 9.13. The molecule has 0 spiro atoms. The predicted molar refractivity (Wildman–Crippen MR) is 72.0 cm³/mol. The summed E-state index contributed by atoms with van der Waals surface area (Å²) >= 11 is 0. The Morgan fingerprint density at radius 2 is 1.95 bits per heavy atom. The lowest BCUT2D eigenvalue weighted by Gasteiger charge is -2.45. The molecule has 0 radical (unpaired) electrons. The summed E-state index contributed by atoms with van der Waals surface area (Å²) in [6.07, 6.45) is -0.418. The molecule has 8 nitrogen and oxygen atoms in total. The molecule has 1 fully saturated rings. The second-order valence-electron chi connectivity index (χ2n) is 5.67. The molecule has 0 saturated carbocycles. The van der Waals surface area contributed by atoms with E-state index in [0.29, 0.717) is 19.6 Å². The molecular weight excluding hydrogens is 264 g/mol. The topological polar surface area (TPSA) is 116 Å². The van der Waals surface area contributed by atoms with E-state index in [2.05, 4.69) is 10.2 Å². The Kier molecular flexibility index (Phi) is 4.93. The molecule has 0 bridgehead atoms.